The van der Waals surface area contributed by atoms with E-state index in [0.29, 0.717) is 6.04 Å². The van der Waals surface area contributed by atoms with E-state index >= 15 is 0 Å². The van der Waals surface area contributed by atoms with Gasteiger partial charge in [0, 0.05) is 31.9 Å². The second-order valence-electron chi connectivity index (χ2n) is 4.78. The molecule has 0 radical (unpaired) electrons. The van der Waals surface area contributed by atoms with Crippen molar-refractivity contribution in [3.05, 3.63) is 23.4 Å². The van der Waals surface area contributed by atoms with Crippen LogP contribution in [0.5, 0.6) is 0 Å². The number of pyridine rings is 1. The van der Waals surface area contributed by atoms with E-state index in [1.165, 1.54) is 0 Å². The Balaban J connectivity index is 1.89. The van der Waals surface area contributed by atoms with Crippen molar-refractivity contribution >= 4 is 17.4 Å². The third-order valence-corrected chi connectivity index (χ3v) is 4.24. The molecule has 4 heteroatoms. The number of halogens is 1. The first kappa shape index (κ1) is 10.4. The topological polar surface area (TPSA) is 28.2 Å². The van der Waals surface area contributed by atoms with Crippen molar-refractivity contribution in [2.75, 3.05) is 24.5 Å². The summed E-state index contributed by atoms with van der Waals surface area (Å²) in [6.45, 7) is 5.63. The summed E-state index contributed by atoms with van der Waals surface area (Å²) < 4.78 is 0. The van der Waals surface area contributed by atoms with Gasteiger partial charge in [0.1, 0.15) is 5.82 Å². The molecule has 1 N–H and O–H groups in total. The molecule has 3 rings (SSSR count). The maximum Gasteiger partial charge on any atom is 0.147 e. The van der Waals surface area contributed by atoms with Gasteiger partial charge in [0.2, 0.25) is 0 Å². The fourth-order valence-corrected chi connectivity index (χ4v) is 3.27. The molecule has 16 heavy (non-hydrogen) atoms. The predicted molar refractivity (Wildman–Crippen MR) is 65.9 cm³/mol. The molecule has 2 fully saturated rings. The number of hydrogen-bond donors (Lipinski definition) is 1. The monoisotopic (exact) mass is 237 g/mol. The molecule has 3 atom stereocenters. The molecule has 0 aromatic carbocycles. The van der Waals surface area contributed by atoms with E-state index in [4.69, 9.17) is 11.6 Å². The molecule has 1 aromatic rings. The van der Waals surface area contributed by atoms with Gasteiger partial charge < -0.3 is 10.2 Å². The predicted octanol–water partition coefficient (Wildman–Crippen LogP) is 1.78. The quantitative estimate of drug-likeness (QED) is 0.807. The van der Waals surface area contributed by atoms with Crippen LogP contribution in [0.15, 0.2) is 18.3 Å². The Kier molecular flexibility index (Phi) is 2.52. The largest absolute Gasteiger partial charge is 0.352 e. The molecule has 0 aliphatic carbocycles. The van der Waals surface area contributed by atoms with Crippen LogP contribution in [0.3, 0.4) is 0 Å². The van der Waals surface area contributed by atoms with Gasteiger partial charge >= 0.3 is 0 Å². The van der Waals surface area contributed by atoms with Crippen molar-refractivity contribution < 1.29 is 0 Å². The van der Waals surface area contributed by atoms with Gasteiger partial charge in [-0.3, -0.25) is 0 Å². The summed E-state index contributed by atoms with van der Waals surface area (Å²) in [7, 11) is 0. The van der Waals surface area contributed by atoms with Gasteiger partial charge in [-0.25, -0.2) is 4.98 Å². The lowest BCUT2D eigenvalue weighted by Crippen LogP contribution is -2.33. The SMILES string of the molecule is CC1C2CNCC2CN1c1ncccc1Cl. The van der Waals surface area contributed by atoms with Crippen LogP contribution in [-0.2, 0) is 0 Å². The molecule has 2 aliphatic rings. The Hall–Kier alpha value is -0.800. The van der Waals surface area contributed by atoms with Crippen molar-refractivity contribution in [1.29, 1.82) is 0 Å². The van der Waals surface area contributed by atoms with Crippen LogP contribution in [-0.4, -0.2) is 30.7 Å². The summed E-state index contributed by atoms with van der Waals surface area (Å²) in [5.41, 5.74) is 0. The van der Waals surface area contributed by atoms with E-state index in [-0.39, 0.29) is 0 Å². The smallest absolute Gasteiger partial charge is 0.147 e. The highest BCUT2D eigenvalue weighted by molar-refractivity contribution is 6.32. The maximum absolute atomic E-state index is 6.21. The van der Waals surface area contributed by atoms with Crippen molar-refractivity contribution in [3.8, 4) is 0 Å². The minimum absolute atomic E-state index is 0.535. The van der Waals surface area contributed by atoms with Crippen LogP contribution in [0.2, 0.25) is 5.02 Å². The van der Waals surface area contributed by atoms with E-state index < -0.39 is 0 Å². The summed E-state index contributed by atoms with van der Waals surface area (Å²) in [5, 5.41) is 4.23. The fraction of sp³-hybridized carbons (Fsp3) is 0.583. The fourth-order valence-electron chi connectivity index (χ4n) is 3.04. The van der Waals surface area contributed by atoms with E-state index in [1.54, 1.807) is 0 Å². The Bertz CT molecular complexity index is 396. The molecule has 3 nitrogen and oxygen atoms in total. The number of hydrogen-bond acceptors (Lipinski definition) is 3. The summed E-state index contributed by atoms with van der Waals surface area (Å²) >= 11 is 6.21. The lowest BCUT2D eigenvalue weighted by atomic mass is 9.95. The lowest BCUT2D eigenvalue weighted by molar-refractivity contribution is 0.471. The minimum Gasteiger partial charge on any atom is -0.352 e. The number of anilines is 1. The summed E-state index contributed by atoms with van der Waals surface area (Å²) in [5.74, 6) is 2.46. The highest BCUT2D eigenvalue weighted by Gasteiger charge is 2.42. The van der Waals surface area contributed by atoms with Gasteiger partial charge in [0.15, 0.2) is 0 Å². The third kappa shape index (κ3) is 1.50. The van der Waals surface area contributed by atoms with E-state index in [0.717, 1.165) is 42.3 Å². The molecule has 2 aliphatic heterocycles. The van der Waals surface area contributed by atoms with Crippen LogP contribution >= 0.6 is 11.6 Å². The highest BCUT2D eigenvalue weighted by atomic mass is 35.5. The van der Waals surface area contributed by atoms with Crippen LogP contribution in [0.25, 0.3) is 0 Å². The summed E-state index contributed by atoms with van der Waals surface area (Å²) in [4.78, 5) is 6.77. The highest BCUT2D eigenvalue weighted by Crippen LogP contribution is 2.37. The third-order valence-electron chi connectivity index (χ3n) is 3.95. The van der Waals surface area contributed by atoms with Crippen LogP contribution in [0.4, 0.5) is 5.82 Å². The molecule has 0 bridgehead atoms. The zero-order chi connectivity index (χ0) is 11.1. The summed E-state index contributed by atoms with van der Waals surface area (Å²) in [6.07, 6.45) is 1.82. The Morgan fingerprint density at radius 3 is 3.12 bits per heavy atom. The second-order valence-corrected chi connectivity index (χ2v) is 5.19. The van der Waals surface area contributed by atoms with Crippen LogP contribution in [0.1, 0.15) is 6.92 Å². The molecular formula is C12H16ClN3. The second kappa shape index (κ2) is 3.90. The number of nitrogens with one attached hydrogen (secondary N) is 1. The first-order chi connectivity index (χ1) is 7.77. The molecule has 0 saturated carbocycles. The molecule has 0 spiro atoms. The average Bonchev–Trinajstić information content (AvgIpc) is 2.83. The number of rotatable bonds is 1. The lowest BCUT2D eigenvalue weighted by Gasteiger charge is -2.26. The van der Waals surface area contributed by atoms with Crippen molar-refractivity contribution in [1.82, 2.24) is 10.3 Å². The maximum atomic E-state index is 6.21. The molecule has 86 valence electrons. The first-order valence-electron chi connectivity index (χ1n) is 5.85. The van der Waals surface area contributed by atoms with E-state index in [2.05, 4.69) is 22.1 Å². The van der Waals surface area contributed by atoms with Crippen molar-refractivity contribution in [2.24, 2.45) is 11.8 Å². The Morgan fingerprint density at radius 1 is 1.50 bits per heavy atom. The number of aromatic nitrogens is 1. The van der Waals surface area contributed by atoms with Gasteiger partial charge in [-0.2, -0.15) is 0 Å². The first-order valence-corrected chi connectivity index (χ1v) is 6.23. The van der Waals surface area contributed by atoms with E-state index in [1.807, 2.05) is 18.3 Å². The molecule has 3 heterocycles. The van der Waals surface area contributed by atoms with Gasteiger partial charge in [-0.1, -0.05) is 11.6 Å². The molecule has 0 amide bonds. The standard InChI is InChI=1S/C12H16ClN3/c1-8-10-6-14-5-9(10)7-16(8)12-11(13)3-2-4-15-12/h2-4,8-10,14H,5-7H2,1H3. The van der Waals surface area contributed by atoms with Crippen molar-refractivity contribution in [3.63, 3.8) is 0 Å². The molecule has 1 aromatic heterocycles. The van der Waals surface area contributed by atoms with E-state index in [9.17, 15) is 0 Å². The Labute approximate surface area is 101 Å². The summed E-state index contributed by atoms with van der Waals surface area (Å²) in [6, 6.07) is 4.34. The average molecular weight is 238 g/mol. The Morgan fingerprint density at radius 2 is 2.38 bits per heavy atom. The van der Waals surface area contributed by atoms with Crippen LogP contribution in [0, 0.1) is 11.8 Å². The van der Waals surface area contributed by atoms with Gasteiger partial charge in [0.05, 0.1) is 5.02 Å². The zero-order valence-corrected chi connectivity index (χ0v) is 10.1. The van der Waals surface area contributed by atoms with Crippen LogP contribution < -0.4 is 10.2 Å². The zero-order valence-electron chi connectivity index (χ0n) is 9.36. The number of fused-ring (bicyclic) bond motifs is 1. The normalized spacial score (nSPS) is 33.1. The van der Waals surface area contributed by atoms with Gasteiger partial charge in [0.25, 0.3) is 0 Å². The number of nitrogens with zero attached hydrogens (tertiary/aromatic N) is 2. The molecule has 3 unspecified atom stereocenters. The van der Waals surface area contributed by atoms with Gasteiger partial charge in [-0.05, 0) is 30.9 Å². The minimum atomic E-state index is 0.535. The molecule has 2 saturated heterocycles. The van der Waals surface area contributed by atoms with Crippen molar-refractivity contribution in [2.45, 2.75) is 13.0 Å². The molecular weight excluding hydrogens is 222 g/mol. The van der Waals surface area contributed by atoms with Gasteiger partial charge in [-0.15, -0.1) is 0 Å².